The number of nitrogens with one attached hydrogen (secondary N) is 1. The lowest BCUT2D eigenvalue weighted by Gasteiger charge is -2.29. The number of hydrogen-bond donors (Lipinski definition) is 2. The third kappa shape index (κ3) is 3.11. The number of aliphatic hydroxyl groups is 1. The van der Waals surface area contributed by atoms with Gasteiger partial charge in [0.1, 0.15) is 0 Å². The van der Waals surface area contributed by atoms with Crippen LogP contribution in [0.25, 0.3) is 0 Å². The summed E-state index contributed by atoms with van der Waals surface area (Å²) in [5.41, 5.74) is 0.514. The second-order valence-corrected chi connectivity index (χ2v) is 4.66. The van der Waals surface area contributed by atoms with Gasteiger partial charge in [0.15, 0.2) is 11.5 Å². The molecule has 0 aliphatic carbocycles. The summed E-state index contributed by atoms with van der Waals surface area (Å²) in [6, 6.07) is 3.74. The minimum absolute atomic E-state index is 0.0203. The molecular weight excluding hydrogens is 246 g/mol. The fourth-order valence-corrected chi connectivity index (χ4v) is 2.07. The second-order valence-electron chi connectivity index (χ2n) is 4.66. The van der Waals surface area contributed by atoms with E-state index in [4.69, 9.17) is 14.2 Å². The van der Waals surface area contributed by atoms with Crippen LogP contribution in [0.5, 0.6) is 17.2 Å². The maximum atomic E-state index is 9.67. The number of benzene rings is 1. The lowest BCUT2D eigenvalue weighted by Crippen LogP contribution is -2.37. The Kier molecular flexibility index (Phi) is 5.44. The average Bonchev–Trinajstić information content (AvgIpc) is 2.45. The highest BCUT2D eigenvalue weighted by atomic mass is 16.5. The van der Waals surface area contributed by atoms with Crippen molar-refractivity contribution in [3.63, 3.8) is 0 Å². The number of aliphatic hydroxyl groups excluding tert-OH is 1. The van der Waals surface area contributed by atoms with E-state index < -0.39 is 5.41 Å². The Balaban J connectivity index is 3.36. The van der Waals surface area contributed by atoms with E-state index in [2.05, 4.69) is 5.32 Å². The van der Waals surface area contributed by atoms with Crippen LogP contribution < -0.4 is 19.5 Å². The Hall–Kier alpha value is -1.46. The van der Waals surface area contributed by atoms with E-state index in [0.29, 0.717) is 23.8 Å². The standard InChI is InChI=1S/C14H23NO4/c1-14(9-16,8-15-2)10-6-11(17-3)13(19-5)12(7-10)18-4/h6-7,15-16H,8-9H2,1-5H3. The van der Waals surface area contributed by atoms with Crippen LogP contribution in [0.15, 0.2) is 12.1 Å². The van der Waals surface area contributed by atoms with Crippen molar-refractivity contribution >= 4 is 0 Å². The predicted molar refractivity (Wildman–Crippen MR) is 74.5 cm³/mol. The number of ether oxygens (including phenoxy) is 3. The summed E-state index contributed by atoms with van der Waals surface area (Å²) in [6.45, 7) is 2.64. The highest BCUT2D eigenvalue weighted by molar-refractivity contribution is 5.55. The lowest BCUT2D eigenvalue weighted by molar-refractivity contribution is 0.203. The molecule has 1 rings (SSSR count). The van der Waals surface area contributed by atoms with Crippen molar-refractivity contribution < 1.29 is 19.3 Å². The van der Waals surface area contributed by atoms with E-state index in [1.807, 2.05) is 26.1 Å². The van der Waals surface area contributed by atoms with E-state index in [1.165, 1.54) is 0 Å². The molecule has 1 aromatic rings. The van der Waals surface area contributed by atoms with Crippen molar-refractivity contribution in [2.24, 2.45) is 0 Å². The Morgan fingerprint density at radius 1 is 1.11 bits per heavy atom. The largest absolute Gasteiger partial charge is 0.493 e. The minimum Gasteiger partial charge on any atom is -0.493 e. The minimum atomic E-state index is -0.415. The Labute approximate surface area is 114 Å². The summed E-state index contributed by atoms with van der Waals surface area (Å²) in [5.74, 6) is 1.73. The van der Waals surface area contributed by atoms with Crippen molar-refractivity contribution in [3.8, 4) is 17.2 Å². The molecule has 0 saturated carbocycles. The van der Waals surface area contributed by atoms with Gasteiger partial charge in [-0.3, -0.25) is 0 Å². The highest BCUT2D eigenvalue weighted by Crippen LogP contribution is 2.41. The quantitative estimate of drug-likeness (QED) is 0.778. The van der Waals surface area contributed by atoms with E-state index >= 15 is 0 Å². The first-order chi connectivity index (χ1) is 9.06. The molecule has 5 nitrogen and oxygen atoms in total. The predicted octanol–water partition coefficient (Wildman–Crippen LogP) is 1.18. The molecule has 108 valence electrons. The summed E-state index contributed by atoms with van der Waals surface area (Å²) in [5, 5.41) is 12.8. The van der Waals surface area contributed by atoms with Gasteiger partial charge in [0.25, 0.3) is 0 Å². The summed E-state index contributed by atoms with van der Waals surface area (Å²) in [6.07, 6.45) is 0. The molecule has 0 heterocycles. The van der Waals surface area contributed by atoms with Crippen LogP contribution in [0.3, 0.4) is 0 Å². The van der Waals surface area contributed by atoms with Crippen LogP contribution in [-0.4, -0.2) is 46.6 Å². The van der Waals surface area contributed by atoms with Crippen molar-refractivity contribution in [2.75, 3.05) is 41.5 Å². The first-order valence-corrected chi connectivity index (χ1v) is 6.12. The molecule has 0 aliphatic heterocycles. The van der Waals surface area contributed by atoms with Gasteiger partial charge >= 0.3 is 0 Å². The molecule has 0 aromatic heterocycles. The number of likely N-dealkylation sites (N-methyl/N-ethyl adjacent to an activating group) is 1. The average molecular weight is 269 g/mol. The summed E-state index contributed by atoms with van der Waals surface area (Å²) in [7, 11) is 6.58. The molecule has 1 unspecified atom stereocenters. The first kappa shape index (κ1) is 15.6. The molecule has 0 aliphatic rings. The molecule has 19 heavy (non-hydrogen) atoms. The lowest BCUT2D eigenvalue weighted by atomic mass is 9.83. The number of hydrogen-bond acceptors (Lipinski definition) is 5. The molecule has 1 aromatic carbocycles. The molecule has 0 amide bonds. The van der Waals surface area contributed by atoms with Gasteiger partial charge in [0, 0.05) is 12.0 Å². The molecule has 0 saturated heterocycles. The third-order valence-electron chi connectivity index (χ3n) is 3.28. The summed E-state index contributed by atoms with van der Waals surface area (Å²) in [4.78, 5) is 0. The molecule has 5 heteroatoms. The highest BCUT2D eigenvalue weighted by Gasteiger charge is 2.28. The molecule has 0 radical (unpaired) electrons. The molecule has 2 N–H and O–H groups in total. The second kappa shape index (κ2) is 6.63. The van der Waals surface area contributed by atoms with Gasteiger partial charge in [-0.1, -0.05) is 6.92 Å². The van der Waals surface area contributed by atoms with Crippen molar-refractivity contribution in [1.29, 1.82) is 0 Å². The van der Waals surface area contributed by atoms with Crippen LogP contribution >= 0.6 is 0 Å². The third-order valence-corrected chi connectivity index (χ3v) is 3.28. The van der Waals surface area contributed by atoms with Gasteiger partial charge in [-0.25, -0.2) is 0 Å². The van der Waals surface area contributed by atoms with E-state index in [9.17, 15) is 5.11 Å². The van der Waals surface area contributed by atoms with Crippen molar-refractivity contribution in [1.82, 2.24) is 5.32 Å². The molecule has 0 spiro atoms. The number of methoxy groups -OCH3 is 3. The van der Waals surface area contributed by atoms with Crippen LogP contribution in [0.4, 0.5) is 0 Å². The fourth-order valence-electron chi connectivity index (χ4n) is 2.07. The maximum absolute atomic E-state index is 9.67. The van der Waals surface area contributed by atoms with Crippen LogP contribution in [-0.2, 0) is 5.41 Å². The maximum Gasteiger partial charge on any atom is 0.203 e. The molecular formula is C14H23NO4. The Morgan fingerprint density at radius 2 is 1.63 bits per heavy atom. The van der Waals surface area contributed by atoms with Gasteiger partial charge in [-0.15, -0.1) is 0 Å². The van der Waals surface area contributed by atoms with Gasteiger partial charge in [0.2, 0.25) is 5.75 Å². The molecule has 0 fully saturated rings. The van der Waals surface area contributed by atoms with Gasteiger partial charge in [-0.2, -0.15) is 0 Å². The topological polar surface area (TPSA) is 60.0 Å². The van der Waals surface area contributed by atoms with Gasteiger partial charge < -0.3 is 24.6 Å². The van der Waals surface area contributed by atoms with Crippen molar-refractivity contribution in [3.05, 3.63) is 17.7 Å². The summed E-state index contributed by atoms with van der Waals surface area (Å²) >= 11 is 0. The van der Waals surface area contributed by atoms with Gasteiger partial charge in [0.05, 0.1) is 27.9 Å². The van der Waals surface area contributed by atoms with E-state index in [-0.39, 0.29) is 6.61 Å². The SMILES string of the molecule is CNCC(C)(CO)c1cc(OC)c(OC)c(OC)c1. The Bertz CT molecular complexity index is 397. The van der Waals surface area contributed by atoms with Crippen LogP contribution in [0, 0.1) is 0 Å². The zero-order valence-electron chi connectivity index (χ0n) is 12.2. The van der Waals surface area contributed by atoms with E-state index in [1.54, 1.807) is 21.3 Å². The smallest absolute Gasteiger partial charge is 0.203 e. The van der Waals surface area contributed by atoms with E-state index in [0.717, 1.165) is 5.56 Å². The zero-order valence-corrected chi connectivity index (χ0v) is 12.2. The van der Waals surface area contributed by atoms with Crippen LogP contribution in [0.1, 0.15) is 12.5 Å². The Morgan fingerprint density at radius 3 is 1.95 bits per heavy atom. The fraction of sp³-hybridized carbons (Fsp3) is 0.571. The zero-order chi connectivity index (χ0) is 14.5. The first-order valence-electron chi connectivity index (χ1n) is 6.12. The van der Waals surface area contributed by atoms with Crippen LogP contribution in [0.2, 0.25) is 0 Å². The molecule has 0 bridgehead atoms. The monoisotopic (exact) mass is 269 g/mol. The van der Waals surface area contributed by atoms with Crippen molar-refractivity contribution in [2.45, 2.75) is 12.3 Å². The van der Waals surface area contributed by atoms with Gasteiger partial charge in [-0.05, 0) is 24.7 Å². The molecule has 1 atom stereocenters. The summed E-state index contributed by atoms with van der Waals surface area (Å²) < 4.78 is 16.0. The number of rotatable bonds is 7. The normalized spacial score (nSPS) is 13.8.